The number of hydrogen-bond acceptors (Lipinski definition) is 6. The number of hydrogen-bond donors (Lipinski definition) is 0. The highest BCUT2D eigenvalue weighted by Gasteiger charge is 2.23. The van der Waals surface area contributed by atoms with E-state index in [2.05, 4.69) is 10.2 Å². The molecule has 0 spiro atoms. The highest BCUT2D eigenvalue weighted by atomic mass is 32.2. The average molecular weight is 408 g/mol. The second-order valence-corrected chi connectivity index (χ2v) is 7.74. The first-order valence-corrected chi connectivity index (χ1v) is 10.3. The van der Waals surface area contributed by atoms with Crippen molar-refractivity contribution in [1.82, 2.24) is 19.7 Å². The molecule has 1 aromatic carbocycles. The molecular formula is C19H25FN4O3S. The van der Waals surface area contributed by atoms with Crippen LogP contribution in [0.25, 0.3) is 0 Å². The van der Waals surface area contributed by atoms with Gasteiger partial charge in [0.1, 0.15) is 11.6 Å². The molecule has 0 bridgehead atoms. The summed E-state index contributed by atoms with van der Waals surface area (Å²) in [7, 11) is 0. The zero-order valence-corrected chi connectivity index (χ0v) is 17.1. The number of amides is 1. The van der Waals surface area contributed by atoms with Gasteiger partial charge in [0.05, 0.1) is 19.0 Å². The number of thioether (sulfide) groups is 1. The molecule has 0 radical (unpaired) electrons. The van der Waals surface area contributed by atoms with Crippen LogP contribution in [0.3, 0.4) is 0 Å². The standard InChI is InChI=1S/C19H25FN4O3S/c1-13(2)24-18(14(3)27-16-6-4-15(20)5-7-16)21-22-19(24)28-12-17(25)23-8-10-26-11-9-23/h4-7,13-14H,8-12H2,1-3H3. The molecule has 1 atom stereocenters. The van der Waals surface area contributed by atoms with E-state index in [0.29, 0.717) is 48.8 Å². The second kappa shape index (κ2) is 9.38. The molecule has 0 N–H and O–H groups in total. The highest BCUT2D eigenvalue weighted by molar-refractivity contribution is 7.99. The lowest BCUT2D eigenvalue weighted by Gasteiger charge is -2.26. The van der Waals surface area contributed by atoms with Crippen LogP contribution in [-0.4, -0.2) is 57.6 Å². The predicted octanol–water partition coefficient (Wildman–Crippen LogP) is 3.09. The molecule has 2 aromatic rings. The topological polar surface area (TPSA) is 69.5 Å². The SMILES string of the molecule is CC(Oc1ccc(F)cc1)c1nnc(SCC(=O)N2CCOCC2)n1C(C)C. The summed E-state index contributed by atoms with van der Waals surface area (Å²) in [5.41, 5.74) is 0. The summed E-state index contributed by atoms with van der Waals surface area (Å²) in [6.07, 6.45) is -0.371. The summed E-state index contributed by atoms with van der Waals surface area (Å²) in [5.74, 6) is 1.29. The number of benzene rings is 1. The van der Waals surface area contributed by atoms with Gasteiger partial charge in [-0.3, -0.25) is 4.79 Å². The van der Waals surface area contributed by atoms with E-state index in [1.807, 2.05) is 30.2 Å². The number of rotatable bonds is 7. The number of carbonyl (C=O) groups excluding carboxylic acids is 1. The molecule has 1 fully saturated rings. The van der Waals surface area contributed by atoms with Gasteiger partial charge in [0, 0.05) is 19.1 Å². The molecule has 152 valence electrons. The van der Waals surface area contributed by atoms with Crippen molar-refractivity contribution in [3.8, 4) is 5.75 Å². The summed E-state index contributed by atoms with van der Waals surface area (Å²) in [4.78, 5) is 14.2. The molecule has 28 heavy (non-hydrogen) atoms. The van der Waals surface area contributed by atoms with Crippen molar-refractivity contribution in [3.05, 3.63) is 35.9 Å². The van der Waals surface area contributed by atoms with Gasteiger partial charge in [0.25, 0.3) is 0 Å². The van der Waals surface area contributed by atoms with Crippen LogP contribution in [0, 0.1) is 5.82 Å². The van der Waals surface area contributed by atoms with Crippen LogP contribution in [0.5, 0.6) is 5.75 Å². The molecule has 1 aromatic heterocycles. The van der Waals surface area contributed by atoms with Crippen molar-refractivity contribution in [2.24, 2.45) is 0 Å². The Morgan fingerprint density at radius 2 is 1.89 bits per heavy atom. The van der Waals surface area contributed by atoms with Gasteiger partial charge >= 0.3 is 0 Å². The molecule has 1 saturated heterocycles. The van der Waals surface area contributed by atoms with Crippen molar-refractivity contribution in [2.75, 3.05) is 32.1 Å². The second-order valence-electron chi connectivity index (χ2n) is 6.80. The third-order valence-corrected chi connectivity index (χ3v) is 5.31. The zero-order chi connectivity index (χ0) is 20.1. The summed E-state index contributed by atoms with van der Waals surface area (Å²) in [6, 6.07) is 5.98. The number of aromatic nitrogens is 3. The fourth-order valence-corrected chi connectivity index (χ4v) is 3.93. The first kappa shape index (κ1) is 20.6. The summed E-state index contributed by atoms with van der Waals surface area (Å²) in [6.45, 7) is 8.37. The number of nitrogens with zero attached hydrogens (tertiary/aromatic N) is 4. The van der Waals surface area contributed by atoms with E-state index >= 15 is 0 Å². The average Bonchev–Trinajstić information content (AvgIpc) is 3.13. The van der Waals surface area contributed by atoms with Crippen LogP contribution in [0.2, 0.25) is 0 Å². The van der Waals surface area contributed by atoms with Gasteiger partial charge in [0.15, 0.2) is 17.1 Å². The van der Waals surface area contributed by atoms with Crippen LogP contribution in [0.4, 0.5) is 4.39 Å². The fourth-order valence-electron chi connectivity index (χ4n) is 2.95. The minimum Gasteiger partial charge on any atom is -0.483 e. The molecule has 1 unspecified atom stereocenters. The highest BCUT2D eigenvalue weighted by Crippen LogP contribution is 2.27. The zero-order valence-electron chi connectivity index (χ0n) is 16.3. The minimum atomic E-state index is -0.371. The number of ether oxygens (including phenoxy) is 2. The van der Waals surface area contributed by atoms with Gasteiger partial charge in [-0.15, -0.1) is 10.2 Å². The Morgan fingerprint density at radius 3 is 2.54 bits per heavy atom. The molecular weight excluding hydrogens is 383 g/mol. The summed E-state index contributed by atoms with van der Waals surface area (Å²) >= 11 is 1.38. The predicted molar refractivity (Wildman–Crippen MR) is 104 cm³/mol. The van der Waals surface area contributed by atoms with E-state index in [4.69, 9.17) is 9.47 Å². The van der Waals surface area contributed by atoms with E-state index in [9.17, 15) is 9.18 Å². The number of halogens is 1. The van der Waals surface area contributed by atoms with Gasteiger partial charge in [-0.1, -0.05) is 11.8 Å². The summed E-state index contributed by atoms with van der Waals surface area (Å²) in [5, 5.41) is 9.24. The Hall–Kier alpha value is -2.13. The van der Waals surface area contributed by atoms with Crippen molar-refractivity contribution in [1.29, 1.82) is 0 Å². The Kier molecular flexibility index (Phi) is 6.90. The maximum absolute atomic E-state index is 13.1. The molecule has 0 saturated carbocycles. The maximum atomic E-state index is 13.1. The van der Waals surface area contributed by atoms with Crippen LogP contribution >= 0.6 is 11.8 Å². The minimum absolute atomic E-state index is 0.0729. The Morgan fingerprint density at radius 1 is 1.21 bits per heavy atom. The molecule has 3 rings (SSSR count). The van der Waals surface area contributed by atoms with Crippen LogP contribution in [-0.2, 0) is 9.53 Å². The number of carbonyl (C=O) groups is 1. The molecule has 9 heteroatoms. The first-order chi connectivity index (χ1) is 13.5. The Bertz CT molecular complexity index is 791. The monoisotopic (exact) mass is 408 g/mol. The van der Waals surface area contributed by atoms with Crippen molar-refractivity contribution in [2.45, 2.75) is 38.1 Å². The van der Waals surface area contributed by atoms with Crippen molar-refractivity contribution < 1.29 is 18.7 Å². The third-order valence-electron chi connectivity index (χ3n) is 4.39. The van der Waals surface area contributed by atoms with Gasteiger partial charge in [-0.25, -0.2) is 4.39 Å². The molecule has 1 amide bonds. The lowest BCUT2D eigenvalue weighted by atomic mass is 10.3. The van der Waals surface area contributed by atoms with Crippen LogP contribution in [0.1, 0.15) is 38.7 Å². The normalized spacial score (nSPS) is 15.7. The van der Waals surface area contributed by atoms with Crippen LogP contribution < -0.4 is 4.74 Å². The van der Waals surface area contributed by atoms with E-state index in [0.717, 1.165) is 0 Å². The van der Waals surface area contributed by atoms with Crippen molar-refractivity contribution >= 4 is 17.7 Å². The lowest BCUT2D eigenvalue weighted by Crippen LogP contribution is -2.41. The van der Waals surface area contributed by atoms with Crippen molar-refractivity contribution in [3.63, 3.8) is 0 Å². The third kappa shape index (κ3) is 5.02. The lowest BCUT2D eigenvalue weighted by molar-refractivity contribution is -0.132. The smallest absolute Gasteiger partial charge is 0.233 e. The first-order valence-electron chi connectivity index (χ1n) is 9.31. The Labute approximate surface area is 168 Å². The molecule has 1 aliphatic rings. The largest absolute Gasteiger partial charge is 0.483 e. The van der Waals surface area contributed by atoms with E-state index in [-0.39, 0.29) is 23.9 Å². The molecule has 7 nitrogen and oxygen atoms in total. The maximum Gasteiger partial charge on any atom is 0.233 e. The van der Waals surface area contributed by atoms with Gasteiger partial charge in [-0.2, -0.15) is 0 Å². The molecule has 1 aliphatic heterocycles. The summed E-state index contributed by atoms with van der Waals surface area (Å²) < 4.78 is 26.2. The molecule has 0 aliphatic carbocycles. The molecule has 2 heterocycles. The van der Waals surface area contributed by atoms with E-state index in [1.165, 1.54) is 23.9 Å². The van der Waals surface area contributed by atoms with Crippen LogP contribution in [0.15, 0.2) is 29.4 Å². The van der Waals surface area contributed by atoms with Gasteiger partial charge in [-0.05, 0) is 45.0 Å². The fraction of sp³-hybridized carbons (Fsp3) is 0.526. The quantitative estimate of drug-likeness (QED) is 0.656. The van der Waals surface area contributed by atoms with Gasteiger partial charge < -0.3 is 18.9 Å². The number of morpholine rings is 1. The van der Waals surface area contributed by atoms with Gasteiger partial charge in [0.2, 0.25) is 5.91 Å². The van der Waals surface area contributed by atoms with E-state index in [1.54, 1.807) is 12.1 Å². The Balaban J connectivity index is 1.68. The van der Waals surface area contributed by atoms with E-state index < -0.39 is 0 Å².